The van der Waals surface area contributed by atoms with Gasteiger partial charge in [-0.05, 0) is 23.1 Å². The summed E-state index contributed by atoms with van der Waals surface area (Å²) in [5.41, 5.74) is 3.05. The summed E-state index contributed by atoms with van der Waals surface area (Å²) in [6, 6.07) is 29.9. The largest absolute Gasteiger partial charge is 0.454 e. The van der Waals surface area contributed by atoms with Crippen molar-refractivity contribution in [3.8, 4) is 0 Å². The van der Waals surface area contributed by atoms with E-state index >= 15 is 0 Å². The van der Waals surface area contributed by atoms with Crippen molar-refractivity contribution in [3.05, 3.63) is 108 Å². The third-order valence-corrected chi connectivity index (χ3v) is 8.17. The second-order valence-corrected chi connectivity index (χ2v) is 12.0. The van der Waals surface area contributed by atoms with Crippen LogP contribution in [0.25, 0.3) is 0 Å². The molecule has 0 aliphatic carbocycles. The van der Waals surface area contributed by atoms with E-state index in [1.54, 1.807) is 0 Å². The molecule has 4 rings (SSSR count). The highest BCUT2D eigenvalue weighted by atomic mass is 16.7. The van der Waals surface area contributed by atoms with Gasteiger partial charge in [0.2, 0.25) is 0 Å². The van der Waals surface area contributed by atoms with Gasteiger partial charge in [0.15, 0.2) is 12.4 Å². The van der Waals surface area contributed by atoms with E-state index in [1.165, 1.54) is 45.4 Å². The first-order chi connectivity index (χ1) is 22.6. The Bertz CT molecular complexity index is 1210. The fourth-order valence-electron chi connectivity index (χ4n) is 5.67. The Morgan fingerprint density at radius 2 is 1.09 bits per heavy atom. The molecular formula is C39H52O7. The van der Waals surface area contributed by atoms with Gasteiger partial charge in [0.05, 0.1) is 26.4 Å². The molecule has 0 radical (unpaired) electrons. The van der Waals surface area contributed by atoms with E-state index in [0.717, 1.165) is 29.5 Å². The summed E-state index contributed by atoms with van der Waals surface area (Å²) in [4.78, 5) is 12.5. The van der Waals surface area contributed by atoms with Gasteiger partial charge in [-0.15, -0.1) is 0 Å². The van der Waals surface area contributed by atoms with Crippen molar-refractivity contribution in [2.45, 2.75) is 116 Å². The normalized spacial score (nSPS) is 21.5. The van der Waals surface area contributed by atoms with E-state index in [0.29, 0.717) is 26.4 Å². The van der Waals surface area contributed by atoms with Gasteiger partial charge in [0, 0.05) is 13.5 Å². The molecule has 1 aliphatic heterocycles. The quantitative estimate of drug-likeness (QED) is 0.0919. The van der Waals surface area contributed by atoms with Gasteiger partial charge in [-0.25, -0.2) is 0 Å². The van der Waals surface area contributed by atoms with Crippen LogP contribution in [-0.4, -0.2) is 49.9 Å². The monoisotopic (exact) mass is 632 g/mol. The second kappa shape index (κ2) is 20.9. The maximum absolute atomic E-state index is 12.5. The highest BCUT2D eigenvalue weighted by molar-refractivity contribution is 5.66. The first kappa shape index (κ1) is 35.8. The maximum atomic E-state index is 12.5. The van der Waals surface area contributed by atoms with Gasteiger partial charge in [-0.2, -0.15) is 0 Å². The smallest absolute Gasteiger partial charge is 0.303 e. The van der Waals surface area contributed by atoms with E-state index in [1.807, 2.05) is 91.0 Å². The van der Waals surface area contributed by atoms with Crippen molar-refractivity contribution < 1.29 is 33.2 Å². The zero-order chi connectivity index (χ0) is 32.2. The Hall–Kier alpha value is -3.07. The lowest BCUT2D eigenvalue weighted by molar-refractivity contribution is -0.232. The van der Waals surface area contributed by atoms with Crippen LogP contribution in [0.5, 0.6) is 0 Å². The molecule has 1 fully saturated rings. The number of esters is 1. The Balaban J connectivity index is 1.53. The molecule has 0 aromatic heterocycles. The minimum atomic E-state index is -0.860. The van der Waals surface area contributed by atoms with Crippen LogP contribution in [0.15, 0.2) is 91.0 Å². The molecule has 0 saturated carbocycles. The number of hydrogen-bond acceptors (Lipinski definition) is 7. The number of carbonyl (C=O) groups is 1. The fraction of sp³-hybridized carbons (Fsp3) is 0.513. The van der Waals surface area contributed by atoms with Crippen LogP contribution in [0.1, 0.15) is 81.9 Å². The minimum absolute atomic E-state index is 0.192. The van der Waals surface area contributed by atoms with Crippen LogP contribution < -0.4 is 0 Å². The van der Waals surface area contributed by atoms with Crippen LogP contribution in [0.3, 0.4) is 0 Å². The van der Waals surface area contributed by atoms with Gasteiger partial charge < -0.3 is 28.4 Å². The van der Waals surface area contributed by atoms with E-state index in [2.05, 4.69) is 6.92 Å². The van der Waals surface area contributed by atoms with Crippen LogP contribution in [-0.2, 0) is 53.0 Å². The third kappa shape index (κ3) is 12.6. The molecule has 7 nitrogen and oxygen atoms in total. The van der Waals surface area contributed by atoms with Crippen molar-refractivity contribution in [1.82, 2.24) is 0 Å². The van der Waals surface area contributed by atoms with Gasteiger partial charge in [-0.1, -0.05) is 143 Å². The molecule has 46 heavy (non-hydrogen) atoms. The Morgan fingerprint density at radius 3 is 1.61 bits per heavy atom. The summed E-state index contributed by atoms with van der Waals surface area (Å²) < 4.78 is 38.4. The molecule has 3 aromatic carbocycles. The molecule has 0 N–H and O–H groups in total. The fourth-order valence-corrected chi connectivity index (χ4v) is 5.67. The molecule has 5 atom stereocenters. The lowest BCUT2D eigenvalue weighted by Gasteiger charge is -2.35. The summed E-state index contributed by atoms with van der Waals surface area (Å²) in [5, 5.41) is 0. The Morgan fingerprint density at radius 1 is 0.609 bits per heavy atom. The molecule has 0 bridgehead atoms. The molecule has 7 heteroatoms. The van der Waals surface area contributed by atoms with Gasteiger partial charge in [0.1, 0.15) is 18.3 Å². The van der Waals surface area contributed by atoms with Crippen LogP contribution in [0.2, 0.25) is 0 Å². The number of rotatable bonds is 20. The summed E-state index contributed by atoms with van der Waals surface area (Å²) >= 11 is 0. The maximum Gasteiger partial charge on any atom is 0.303 e. The molecule has 250 valence electrons. The summed E-state index contributed by atoms with van der Waals surface area (Å²) in [6.45, 7) is 5.32. The van der Waals surface area contributed by atoms with Gasteiger partial charge in [0.25, 0.3) is 0 Å². The van der Waals surface area contributed by atoms with Crippen LogP contribution >= 0.6 is 0 Å². The standard InChI is InChI=1S/C39H52O7/c1-3-4-5-6-7-8-9-19-26-41-39-38(46-31(2)40)37(44-29-34-24-17-12-18-25-34)36(43-28-33-22-15-11-16-23-33)35(30-45-39)42-27-32-20-13-10-14-21-32/h10-18,20-25,35-39H,3-9,19,26-30H2,1-2H3/t35-,36+,37-,38+,39+/m1/s1. The molecule has 0 spiro atoms. The molecule has 1 aliphatic rings. The van der Waals surface area contributed by atoms with E-state index in [9.17, 15) is 4.79 Å². The third-order valence-electron chi connectivity index (χ3n) is 8.17. The molecule has 0 unspecified atom stereocenters. The van der Waals surface area contributed by atoms with E-state index < -0.39 is 36.7 Å². The second-order valence-electron chi connectivity index (χ2n) is 12.0. The van der Waals surface area contributed by atoms with Crippen molar-refractivity contribution in [2.24, 2.45) is 0 Å². The molecule has 1 heterocycles. The zero-order valence-corrected chi connectivity index (χ0v) is 27.6. The van der Waals surface area contributed by atoms with Gasteiger partial charge >= 0.3 is 5.97 Å². The van der Waals surface area contributed by atoms with E-state index in [4.69, 9.17) is 28.4 Å². The zero-order valence-electron chi connectivity index (χ0n) is 27.6. The van der Waals surface area contributed by atoms with Gasteiger partial charge in [-0.3, -0.25) is 4.79 Å². The minimum Gasteiger partial charge on any atom is -0.454 e. The molecule has 0 amide bonds. The lowest BCUT2D eigenvalue weighted by atomic mass is 10.0. The van der Waals surface area contributed by atoms with Crippen molar-refractivity contribution in [2.75, 3.05) is 13.2 Å². The lowest BCUT2D eigenvalue weighted by Crippen LogP contribution is -2.51. The first-order valence-corrected chi connectivity index (χ1v) is 17.0. The highest BCUT2D eigenvalue weighted by Gasteiger charge is 2.47. The summed E-state index contributed by atoms with van der Waals surface area (Å²) in [5.74, 6) is -0.437. The van der Waals surface area contributed by atoms with E-state index in [-0.39, 0.29) is 6.61 Å². The molecular weight excluding hydrogens is 580 g/mol. The SMILES string of the molecule is CCCCCCCCCCO[C@H]1OC[C@@H](OCc2ccccc2)[C@H](OCc2ccccc2)[C@@H](OCc2ccccc2)[C@@H]1OC(C)=O. The average Bonchev–Trinajstić information content (AvgIpc) is 3.21. The summed E-state index contributed by atoms with van der Waals surface area (Å²) in [7, 11) is 0. The van der Waals surface area contributed by atoms with Crippen LogP contribution in [0, 0.1) is 0 Å². The van der Waals surface area contributed by atoms with Crippen molar-refractivity contribution >= 4 is 5.97 Å². The number of carbonyl (C=O) groups excluding carboxylic acids is 1. The Labute approximate surface area is 275 Å². The van der Waals surface area contributed by atoms with Crippen LogP contribution in [0.4, 0.5) is 0 Å². The topological polar surface area (TPSA) is 72.5 Å². The summed E-state index contributed by atoms with van der Waals surface area (Å²) in [6.07, 6.45) is 6.00. The highest BCUT2D eigenvalue weighted by Crippen LogP contribution is 2.29. The molecule has 1 saturated heterocycles. The predicted molar refractivity (Wildman–Crippen MR) is 179 cm³/mol. The number of unbranched alkanes of at least 4 members (excludes halogenated alkanes) is 7. The Kier molecular flexibility index (Phi) is 16.3. The number of benzene rings is 3. The first-order valence-electron chi connectivity index (χ1n) is 17.0. The predicted octanol–water partition coefficient (Wildman–Crippen LogP) is 8.19. The number of ether oxygens (including phenoxy) is 6. The van der Waals surface area contributed by atoms with Crippen molar-refractivity contribution in [1.29, 1.82) is 0 Å². The number of hydrogen-bond donors (Lipinski definition) is 0. The average molecular weight is 633 g/mol. The molecule has 3 aromatic rings. The van der Waals surface area contributed by atoms with Crippen molar-refractivity contribution in [3.63, 3.8) is 0 Å².